The highest BCUT2D eigenvalue weighted by molar-refractivity contribution is 7.84. The van der Waals surface area contributed by atoms with E-state index in [1.54, 1.807) is 0 Å². The molecule has 182 valence electrons. The number of likely N-dealkylation sites (tertiary alicyclic amines) is 1. The Morgan fingerprint density at radius 3 is 2.30 bits per heavy atom. The highest BCUT2D eigenvalue weighted by Crippen LogP contribution is 2.23. The maximum Gasteiger partial charge on any atom is 0.0999 e. The van der Waals surface area contributed by atoms with Gasteiger partial charge in [0.1, 0.15) is 0 Å². The fourth-order valence-electron chi connectivity index (χ4n) is 4.14. The van der Waals surface area contributed by atoms with Crippen LogP contribution < -0.4 is 0 Å². The van der Waals surface area contributed by atoms with Crippen molar-refractivity contribution in [3.05, 3.63) is 0 Å². The molecule has 0 saturated carbocycles. The molecule has 0 spiro atoms. The van der Waals surface area contributed by atoms with E-state index in [1.807, 2.05) is 0 Å². The monoisotopic (exact) mass is 450 g/mol. The Morgan fingerprint density at radius 2 is 1.77 bits per heavy atom. The first-order valence-corrected chi connectivity index (χ1v) is 13.0. The molecule has 0 aromatic carbocycles. The summed E-state index contributed by atoms with van der Waals surface area (Å²) in [5, 5.41) is 26.3. The van der Waals surface area contributed by atoms with E-state index in [9.17, 15) is 14.4 Å². The van der Waals surface area contributed by atoms with Gasteiger partial charge >= 0.3 is 0 Å². The van der Waals surface area contributed by atoms with Gasteiger partial charge in [-0.05, 0) is 65.8 Å². The average molecular weight is 451 g/mol. The van der Waals surface area contributed by atoms with Crippen molar-refractivity contribution in [1.29, 1.82) is 0 Å². The standard InChI is InChI=1S/C22H46N2O3S.CH4O/c1-6-12-19(7-2)24(28(27)22(3,4)5)15-11-9-8-10-14-23-16-13-21(26)17-20(23)18-25;1-2/h19-21,25-26H,6-18H2,1-5H3;2H,1H3. The van der Waals surface area contributed by atoms with E-state index in [4.69, 9.17) is 5.11 Å². The zero-order chi connectivity index (χ0) is 23.2. The number of piperidine rings is 1. The van der Waals surface area contributed by atoms with Crippen LogP contribution in [-0.2, 0) is 11.0 Å². The van der Waals surface area contributed by atoms with Crippen LogP contribution in [0.5, 0.6) is 0 Å². The van der Waals surface area contributed by atoms with Gasteiger partial charge < -0.3 is 15.3 Å². The zero-order valence-electron chi connectivity index (χ0n) is 20.5. The third kappa shape index (κ3) is 11.0. The Bertz CT molecular complexity index is 445. The maximum absolute atomic E-state index is 13.0. The normalized spacial score (nSPS) is 22.5. The number of rotatable bonds is 13. The quantitative estimate of drug-likeness (QED) is 0.375. The minimum absolute atomic E-state index is 0.118. The first-order chi connectivity index (χ1) is 14.2. The van der Waals surface area contributed by atoms with Gasteiger partial charge in [-0.3, -0.25) is 4.90 Å². The summed E-state index contributed by atoms with van der Waals surface area (Å²) in [7, 11) is 0.0466. The summed E-state index contributed by atoms with van der Waals surface area (Å²) >= 11 is 0. The van der Waals surface area contributed by atoms with E-state index >= 15 is 0 Å². The van der Waals surface area contributed by atoms with Crippen LogP contribution in [0.15, 0.2) is 0 Å². The smallest absolute Gasteiger partial charge is 0.0999 e. The Balaban J connectivity index is 0.00000407. The third-order valence-electron chi connectivity index (χ3n) is 5.83. The van der Waals surface area contributed by atoms with Crippen LogP contribution in [0.2, 0.25) is 0 Å². The Hall–Kier alpha value is -0.0500. The van der Waals surface area contributed by atoms with Gasteiger partial charge in [0.05, 0.1) is 28.4 Å². The highest BCUT2D eigenvalue weighted by Gasteiger charge is 2.30. The second-order valence-electron chi connectivity index (χ2n) is 9.32. The minimum atomic E-state index is -0.953. The number of unbranched alkanes of at least 4 members (excludes halogenated alkanes) is 3. The number of aliphatic hydroxyl groups excluding tert-OH is 3. The molecule has 7 heteroatoms. The lowest BCUT2D eigenvalue weighted by molar-refractivity contribution is 0.0163. The summed E-state index contributed by atoms with van der Waals surface area (Å²) in [4.78, 5) is 2.34. The Morgan fingerprint density at radius 1 is 1.13 bits per heavy atom. The molecule has 1 aliphatic heterocycles. The average Bonchev–Trinajstić information content (AvgIpc) is 2.73. The molecule has 0 amide bonds. The molecular weight excluding hydrogens is 400 g/mol. The van der Waals surface area contributed by atoms with Gasteiger partial charge in [0, 0.05) is 32.3 Å². The number of hydrogen-bond acceptors (Lipinski definition) is 5. The number of nitrogens with zero attached hydrogens (tertiary/aromatic N) is 2. The van der Waals surface area contributed by atoms with Gasteiger partial charge in [-0.15, -0.1) is 0 Å². The number of aliphatic hydroxyl groups is 3. The Kier molecular flexibility index (Phi) is 16.5. The van der Waals surface area contributed by atoms with Gasteiger partial charge in [-0.1, -0.05) is 33.1 Å². The summed E-state index contributed by atoms with van der Waals surface area (Å²) < 4.78 is 15.1. The van der Waals surface area contributed by atoms with Crippen molar-refractivity contribution in [2.75, 3.05) is 33.4 Å². The van der Waals surface area contributed by atoms with Crippen molar-refractivity contribution in [2.24, 2.45) is 0 Å². The molecule has 0 bridgehead atoms. The lowest BCUT2D eigenvalue weighted by Gasteiger charge is -2.37. The topological polar surface area (TPSA) is 84.2 Å². The molecule has 4 atom stereocenters. The summed E-state index contributed by atoms with van der Waals surface area (Å²) in [5.41, 5.74) is 0. The van der Waals surface area contributed by atoms with Crippen LogP contribution in [0.25, 0.3) is 0 Å². The fraction of sp³-hybridized carbons (Fsp3) is 1.00. The van der Waals surface area contributed by atoms with Crippen LogP contribution in [0.4, 0.5) is 0 Å². The second-order valence-corrected chi connectivity index (χ2v) is 11.5. The van der Waals surface area contributed by atoms with Crippen molar-refractivity contribution in [3.63, 3.8) is 0 Å². The van der Waals surface area contributed by atoms with Crippen molar-refractivity contribution in [2.45, 2.75) is 115 Å². The van der Waals surface area contributed by atoms with Gasteiger partial charge in [0.25, 0.3) is 0 Å². The van der Waals surface area contributed by atoms with Crippen molar-refractivity contribution < 1.29 is 19.5 Å². The molecule has 1 aliphatic rings. The van der Waals surface area contributed by atoms with Crippen molar-refractivity contribution in [1.82, 2.24) is 9.21 Å². The molecule has 4 unspecified atom stereocenters. The van der Waals surface area contributed by atoms with E-state index in [-0.39, 0.29) is 23.5 Å². The predicted octanol–water partition coefficient (Wildman–Crippen LogP) is 3.32. The molecule has 30 heavy (non-hydrogen) atoms. The second kappa shape index (κ2) is 16.6. The third-order valence-corrected chi connectivity index (χ3v) is 7.79. The van der Waals surface area contributed by atoms with Crippen molar-refractivity contribution >= 4 is 11.0 Å². The van der Waals surface area contributed by atoms with Crippen LogP contribution in [0, 0.1) is 0 Å². The van der Waals surface area contributed by atoms with Crippen LogP contribution in [0.1, 0.15) is 92.4 Å². The molecule has 1 saturated heterocycles. The van der Waals surface area contributed by atoms with E-state index in [0.29, 0.717) is 12.5 Å². The largest absolute Gasteiger partial charge is 0.400 e. The van der Waals surface area contributed by atoms with Crippen LogP contribution >= 0.6 is 0 Å². The predicted molar refractivity (Wildman–Crippen MR) is 128 cm³/mol. The van der Waals surface area contributed by atoms with Gasteiger partial charge in [-0.2, -0.15) is 0 Å². The first-order valence-electron chi connectivity index (χ1n) is 11.9. The summed E-state index contributed by atoms with van der Waals surface area (Å²) in [5.74, 6) is 0. The lowest BCUT2D eigenvalue weighted by Crippen LogP contribution is -2.46. The SMILES string of the molecule is CCCC(CC)N(CCCCCCN1CCC(O)CC1CO)S(=O)C(C)(C)C.CO. The van der Waals surface area contributed by atoms with Crippen LogP contribution in [0.3, 0.4) is 0 Å². The molecular formula is C23H50N2O4S. The molecule has 0 radical (unpaired) electrons. The van der Waals surface area contributed by atoms with E-state index < -0.39 is 11.0 Å². The molecule has 3 N–H and O–H groups in total. The van der Waals surface area contributed by atoms with E-state index in [2.05, 4.69) is 43.8 Å². The molecule has 1 fully saturated rings. The van der Waals surface area contributed by atoms with Crippen molar-refractivity contribution in [3.8, 4) is 0 Å². The molecule has 6 nitrogen and oxygen atoms in total. The molecule has 1 heterocycles. The molecule has 0 aromatic rings. The van der Waals surface area contributed by atoms with Gasteiger partial charge in [0.15, 0.2) is 0 Å². The van der Waals surface area contributed by atoms with Crippen LogP contribution in [-0.4, -0.2) is 85.0 Å². The molecule has 0 aromatic heterocycles. The lowest BCUT2D eigenvalue weighted by atomic mass is 9.99. The fourth-order valence-corrected chi connectivity index (χ4v) is 5.66. The zero-order valence-corrected chi connectivity index (χ0v) is 21.3. The summed E-state index contributed by atoms with van der Waals surface area (Å²) in [6, 6.07) is 0.531. The maximum atomic E-state index is 13.0. The first kappa shape index (κ1) is 29.9. The van der Waals surface area contributed by atoms with Gasteiger partial charge in [0.2, 0.25) is 0 Å². The molecule has 0 aliphatic carbocycles. The number of hydrogen-bond donors (Lipinski definition) is 3. The molecule has 1 rings (SSSR count). The van der Waals surface area contributed by atoms with E-state index in [1.165, 1.54) is 0 Å². The Labute approximate surface area is 188 Å². The highest BCUT2D eigenvalue weighted by atomic mass is 32.2. The van der Waals surface area contributed by atoms with Gasteiger partial charge in [-0.25, -0.2) is 8.51 Å². The minimum Gasteiger partial charge on any atom is -0.400 e. The summed E-state index contributed by atoms with van der Waals surface area (Å²) in [6.45, 7) is 13.6. The van der Waals surface area contributed by atoms with E-state index in [0.717, 1.165) is 78.1 Å². The summed E-state index contributed by atoms with van der Waals surface area (Å²) in [6.07, 6.45) is 9.09.